The summed E-state index contributed by atoms with van der Waals surface area (Å²) in [5.41, 5.74) is 5.25. The van der Waals surface area contributed by atoms with Crippen molar-refractivity contribution in [3.8, 4) is 0 Å². The maximum atomic E-state index is 13.2. The van der Waals surface area contributed by atoms with Crippen molar-refractivity contribution in [2.75, 3.05) is 6.54 Å². The number of nitrogens with one attached hydrogen (secondary N) is 1. The van der Waals surface area contributed by atoms with Gasteiger partial charge in [-0.2, -0.15) is 0 Å². The zero-order valence-corrected chi connectivity index (χ0v) is 17.8. The number of benzene rings is 3. The van der Waals surface area contributed by atoms with Crippen LogP contribution in [0.2, 0.25) is 0 Å². The average molecular weight is 412 g/mol. The first-order valence-electron chi connectivity index (χ1n) is 11.1. The van der Waals surface area contributed by atoms with Crippen LogP contribution in [0.4, 0.5) is 0 Å². The summed E-state index contributed by atoms with van der Waals surface area (Å²) in [6.07, 6.45) is 1.94. The summed E-state index contributed by atoms with van der Waals surface area (Å²) in [5.74, 6) is -0.0283. The first kappa shape index (κ1) is 18.5. The Morgan fingerprint density at radius 1 is 1.00 bits per heavy atom. The van der Waals surface area contributed by atoms with Crippen molar-refractivity contribution in [1.29, 1.82) is 0 Å². The van der Waals surface area contributed by atoms with Crippen molar-refractivity contribution >= 4 is 49.5 Å². The number of fused-ring (bicyclic) bond motifs is 6. The second-order valence-electron chi connectivity index (χ2n) is 8.27. The molecule has 1 N–H and O–H groups in total. The average Bonchev–Trinajstić information content (AvgIpc) is 3.23. The largest absolute Gasteiger partial charge is 0.352 e. The van der Waals surface area contributed by atoms with Gasteiger partial charge in [-0.15, -0.1) is 0 Å². The van der Waals surface area contributed by atoms with Gasteiger partial charge in [0.15, 0.2) is 0 Å². The van der Waals surface area contributed by atoms with Crippen molar-refractivity contribution in [3.05, 3.63) is 60.2 Å². The minimum Gasteiger partial charge on any atom is -0.352 e. The topological polar surface area (TPSA) is 48.2 Å². The molecule has 1 aliphatic heterocycles. The Hall–Kier alpha value is -3.31. The molecule has 0 saturated carbocycles. The Kier molecular flexibility index (Phi) is 4.08. The third-order valence-corrected chi connectivity index (χ3v) is 6.50. The molecule has 31 heavy (non-hydrogen) atoms. The summed E-state index contributed by atoms with van der Waals surface area (Å²) in [4.78, 5) is 13.2. The van der Waals surface area contributed by atoms with Crippen LogP contribution in [0.3, 0.4) is 0 Å². The van der Waals surface area contributed by atoms with Gasteiger partial charge in [0.1, 0.15) is 13.0 Å². The van der Waals surface area contributed by atoms with Crippen LogP contribution >= 0.6 is 0 Å². The highest BCUT2D eigenvalue weighted by atomic mass is 16.5. The Balaban J connectivity index is 1.89. The fourth-order valence-corrected chi connectivity index (χ4v) is 5.28. The molecule has 1 amide bonds. The molecule has 2 aromatic heterocycles. The second kappa shape index (κ2) is 6.86. The Bertz CT molecular complexity index is 1490. The summed E-state index contributed by atoms with van der Waals surface area (Å²) in [6.45, 7) is 5.22. The number of para-hydroxylation sites is 2. The van der Waals surface area contributed by atoms with Crippen molar-refractivity contribution in [2.24, 2.45) is 0 Å². The second-order valence-corrected chi connectivity index (χ2v) is 8.27. The Morgan fingerprint density at radius 3 is 2.52 bits per heavy atom. The lowest BCUT2D eigenvalue weighted by Crippen LogP contribution is -2.22. The smallest absolute Gasteiger partial charge is 0.252 e. The molecule has 1 aliphatic rings. The van der Waals surface area contributed by atoms with Crippen molar-refractivity contribution in [1.82, 2.24) is 14.5 Å². The molecule has 5 heteroatoms. The van der Waals surface area contributed by atoms with Gasteiger partial charge in [0, 0.05) is 28.1 Å². The van der Waals surface area contributed by atoms with E-state index in [0.717, 1.165) is 62.0 Å². The number of amides is 1. The highest BCUT2D eigenvalue weighted by Crippen LogP contribution is 2.44. The van der Waals surface area contributed by atoms with E-state index >= 15 is 0 Å². The molecule has 0 saturated heterocycles. The lowest BCUT2D eigenvalue weighted by Gasteiger charge is -2.19. The number of ether oxygens (including phenoxy) is 1. The van der Waals surface area contributed by atoms with Gasteiger partial charge in [0.25, 0.3) is 5.91 Å². The maximum Gasteiger partial charge on any atom is 0.252 e. The third-order valence-electron chi connectivity index (χ3n) is 6.50. The van der Waals surface area contributed by atoms with Crippen molar-refractivity contribution < 1.29 is 9.53 Å². The fraction of sp³-hybridized carbons (Fsp3) is 0.269. The minimum atomic E-state index is -0.0374. The standard InChI is InChI=1S/C26H25N3O2/c1-3-9-22-29-21-13-8-5-10-16(21)18-14-19(26(30)27-4-2)23-17-11-6-7-12-20(17)28(15-31-22)25(23)24(18)29/h5-8,10-14,22H,3-4,9,15H2,1-2H3,(H,27,30). The monoisotopic (exact) mass is 411 g/mol. The summed E-state index contributed by atoms with van der Waals surface area (Å²) < 4.78 is 11.1. The number of nitrogens with zero attached hydrogens (tertiary/aromatic N) is 2. The van der Waals surface area contributed by atoms with E-state index in [0.29, 0.717) is 13.3 Å². The Morgan fingerprint density at radius 2 is 1.74 bits per heavy atom. The van der Waals surface area contributed by atoms with E-state index in [1.165, 1.54) is 0 Å². The van der Waals surface area contributed by atoms with Crippen molar-refractivity contribution in [2.45, 2.75) is 39.6 Å². The van der Waals surface area contributed by atoms with Crippen LogP contribution in [-0.4, -0.2) is 21.6 Å². The summed E-state index contributed by atoms with van der Waals surface area (Å²) in [6, 6.07) is 18.9. The molecule has 5 aromatic rings. The molecule has 3 aromatic carbocycles. The van der Waals surface area contributed by atoms with Gasteiger partial charge in [-0.05, 0) is 31.5 Å². The van der Waals surface area contributed by atoms with E-state index in [4.69, 9.17) is 4.74 Å². The zero-order valence-electron chi connectivity index (χ0n) is 17.8. The van der Waals surface area contributed by atoms with Crippen LogP contribution in [0.25, 0.3) is 43.6 Å². The molecule has 156 valence electrons. The summed E-state index contributed by atoms with van der Waals surface area (Å²) in [7, 11) is 0. The van der Waals surface area contributed by atoms with Gasteiger partial charge in [0.2, 0.25) is 0 Å². The number of rotatable bonds is 4. The molecule has 5 nitrogen and oxygen atoms in total. The lowest BCUT2D eigenvalue weighted by atomic mass is 10.0. The predicted octanol–water partition coefficient (Wildman–Crippen LogP) is 5.94. The molecule has 0 spiro atoms. The molecule has 6 rings (SSSR count). The van der Waals surface area contributed by atoms with Gasteiger partial charge in [-0.25, -0.2) is 0 Å². The van der Waals surface area contributed by atoms with Crippen LogP contribution < -0.4 is 5.32 Å². The number of hydrogen-bond donors (Lipinski definition) is 1. The van der Waals surface area contributed by atoms with E-state index in [1.54, 1.807) is 0 Å². The van der Waals surface area contributed by atoms with Crippen LogP contribution in [0.1, 0.15) is 43.3 Å². The quantitative estimate of drug-likeness (QED) is 0.398. The molecular weight excluding hydrogens is 386 g/mol. The summed E-state index contributed by atoms with van der Waals surface area (Å²) >= 11 is 0. The normalized spacial score (nSPS) is 16.0. The first-order chi connectivity index (χ1) is 15.2. The van der Waals surface area contributed by atoms with E-state index < -0.39 is 0 Å². The van der Waals surface area contributed by atoms with Gasteiger partial charge in [-0.3, -0.25) is 4.79 Å². The first-order valence-corrected chi connectivity index (χ1v) is 11.1. The van der Waals surface area contributed by atoms with Crippen LogP contribution in [0.5, 0.6) is 0 Å². The van der Waals surface area contributed by atoms with Gasteiger partial charge in [-0.1, -0.05) is 49.7 Å². The van der Waals surface area contributed by atoms with Gasteiger partial charge < -0.3 is 19.2 Å². The molecule has 1 atom stereocenters. The number of aromatic nitrogens is 2. The maximum absolute atomic E-state index is 13.2. The van der Waals surface area contributed by atoms with Gasteiger partial charge >= 0.3 is 0 Å². The molecule has 1 unspecified atom stereocenters. The summed E-state index contributed by atoms with van der Waals surface area (Å²) in [5, 5.41) is 7.40. The van der Waals surface area contributed by atoms with E-state index in [9.17, 15) is 4.79 Å². The molecule has 0 radical (unpaired) electrons. The Labute approximate surface area is 180 Å². The molecule has 0 aliphatic carbocycles. The van der Waals surface area contributed by atoms with Crippen molar-refractivity contribution in [3.63, 3.8) is 0 Å². The molecule has 3 heterocycles. The number of carbonyl (C=O) groups excluding carboxylic acids is 1. The molecule has 0 fully saturated rings. The third kappa shape index (κ3) is 2.44. The lowest BCUT2D eigenvalue weighted by molar-refractivity contribution is -0.0320. The number of hydrogen-bond acceptors (Lipinski definition) is 2. The predicted molar refractivity (Wildman–Crippen MR) is 125 cm³/mol. The molecular formula is C26H25N3O2. The van der Waals surface area contributed by atoms with Crippen LogP contribution in [0, 0.1) is 0 Å². The van der Waals surface area contributed by atoms with Crippen LogP contribution in [-0.2, 0) is 11.5 Å². The minimum absolute atomic E-state index is 0.0283. The van der Waals surface area contributed by atoms with E-state index in [1.807, 2.05) is 13.0 Å². The van der Waals surface area contributed by atoms with E-state index in [-0.39, 0.29) is 12.1 Å². The highest BCUT2D eigenvalue weighted by Gasteiger charge is 2.29. The zero-order chi connectivity index (χ0) is 21.1. The molecule has 0 bridgehead atoms. The SMILES string of the molecule is CCCC1OCn2c3ccccc3c3c(C(=O)NCC)cc4c5ccccc5n1c4c32. The number of carbonyl (C=O) groups is 1. The fourth-order valence-electron chi connectivity index (χ4n) is 5.28. The van der Waals surface area contributed by atoms with E-state index in [2.05, 4.69) is 69.9 Å². The van der Waals surface area contributed by atoms with Gasteiger partial charge in [0.05, 0.1) is 27.6 Å². The highest BCUT2D eigenvalue weighted by molar-refractivity contribution is 6.28. The van der Waals surface area contributed by atoms with Crippen LogP contribution in [0.15, 0.2) is 54.6 Å².